The number of aryl methyl sites for hydroxylation is 1. The number of hydrogen-bond donors (Lipinski definition) is 1. The summed E-state index contributed by atoms with van der Waals surface area (Å²) >= 11 is 0. The van der Waals surface area contributed by atoms with Crippen molar-refractivity contribution in [1.82, 2.24) is 9.97 Å². The molecular formula is C15H27N3O3. The van der Waals surface area contributed by atoms with Crippen LogP contribution in [0.4, 0.5) is 5.95 Å². The molecule has 0 spiro atoms. The van der Waals surface area contributed by atoms with E-state index >= 15 is 0 Å². The van der Waals surface area contributed by atoms with Crippen LogP contribution in [0.3, 0.4) is 0 Å². The summed E-state index contributed by atoms with van der Waals surface area (Å²) in [7, 11) is 1.67. The normalized spacial score (nSPS) is 10.9. The minimum absolute atomic E-state index is 0.108. The first-order chi connectivity index (χ1) is 10.1. The van der Waals surface area contributed by atoms with Gasteiger partial charge in [0.25, 0.3) is 0 Å². The average Bonchev–Trinajstić information content (AvgIpc) is 2.40. The number of aromatic nitrogens is 2. The highest BCUT2D eigenvalue weighted by molar-refractivity contribution is 5.30. The number of nitrogens with zero attached hydrogens (tertiary/aromatic N) is 2. The van der Waals surface area contributed by atoms with Crippen LogP contribution in [-0.4, -0.2) is 49.5 Å². The van der Waals surface area contributed by atoms with Crippen LogP contribution in [0.2, 0.25) is 0 Å². The lowest BCUT2D eigenvalue weighted by molar-refractivity contribution is 0.0691. The summed E-state index contributed by atoms with van der Waals surface area (Å²) < 4.78 is 15.9. The van der Waals surface area contributed by atoms with E-state index in [1.807, 2.05) is 26.8 Å². The molecule has 0 atom stereocenters. The summed E-state index contributed by atoms with van der Waals surface area (Å²) in [6.45, 7) is 8.76. The van der Waals surface area contributed by atoms with E-state index in [1.54, 1.807) is 7.11 Å². The third-order valence-corrected chi connectivity index (χ3v) is 2.62. The minimum Gasteiger partial charge on any atom is -0.475 e. The monoisotopic (exact) mass is 297 g/mol. The number of rotatable bonds is 11. The third kappa shape index (κ3) is 8.47. The van der Waals surface area contributed by atoms with Crippen LogP contribution in [0, 0.1) is 6.92 Å². The van der Waals surface area contributed by atoms with E-state index in [0.717, 1.165) is 31.7 Å². The lowest BCUT2D eigenvalue weighted by Crippen LogP contribution is -2.11. The zero-order valence-corrected chi connectivity index (χ0v) is 13.5. The van der Waals surface area contributed by atoms with Gasteiger partial charge in [-0.1, -0.05) is 0 Å². The molecule has 120 valence electrons. The first kappa shape index (κ1) is 17.7. The van der Waals surface area contributed by atoms with E-state index in [-0.39, 0.29) is 6.10 Å². The maximum atomic E-state index is 5.60. The number of nitrogens with one attached hydrogen (secondary N) is 1. The summed E-state index contributed by atoms with van der Waals surface area (Å²) in [6.07, 6.45) is 2.11. The van der Waals surface area contributed by atoms with Gasteiger partial charge in [0.15, 0.2) is 0 Å². The zero-order chi connectivity index (χ0) is 15.5. The van der Waals surface area contributed by atoms with Gasteiger partial charge in [-0.05, 0) is 33.6 Å². The second kappa shape index (κ2) is 10.3. The summed E-state index contributed by atoms with van der Waals surface area (Å²) in [4.78, 5) is 8.69. The molecular weight excluding hydrogens is 270 g/mol. The van der Waals surface area contributed by atoms with Crippen molar-refractivity contribution in [2.75, 3.05) is 38.8 Å². The van der Waals surface area contributed by atoms with Crippen molar-refractivity contribution in [2.45, 2.75) is 39.7 Å². The molecule has 6 heteroatoms. The van der Waals surface area contributed by atoms with E-state index in [4.69, 9.17) is 14.2 Å². The molecule has 0 radical (unpaired) electrons. The van der Waals surface area contributed by atoms with Crippen molar-refractivity contribution < 1.29 is 14.2 Å². The van der Waals surface area contributed by atoms with Gasteiger partial charge in [-0.15, -0.1) is 0 Å². The maximum absolute atomic E-state index is 5.60. The molecule has 1 aromatic heterocycles. The molecule has 1 N–H and O–H groups in total. The first-order valence-electron chi connectivity index (χ1n) is 7.44. The Hall–Kier alpha value is -1.40. The maximum Gasteiger partial charge on any atom is 0.226 e. The van der Waals surface area contributed by atoms with Crippen LogP contribution in [-0.2, 0) is 9.47 Å². The summed E-state index contributed by atoms with van der Waals surface area (Å²) in [5.74, 6) is 1.23. The smallest absolute Gasteiger partial charge is 0.226 e. The highest BCUT2D eigenvalue weighted by Crippen LogP contribution is 2.13. The largest absolute Gasteiger partial charge is 0.475 e. The van der Waals surface area contributed by atoms with E-state index in [1.165, 1.54) is 0 Å². The predicted octanol–water partition coefficient (Wildman–Crippen LogP) is 2.43. The molecule has 0 saturated carbocycles. The first-order valence-corrected chi connectivity index (χ1v) is 7.44. The number of anilines is 1. The Bertz CT molecular complexity index is 400. The zero-order valence-electron chi connectivity index (χ0n) is 13.5. The van der Waals surface area contributed by atoms with E-state index in [2.05, 4.69) is 15.3 Å². The number of unbranched alkanes of at least 4 members (excludes halogenated alkanes) is 1. The molecule has 6 nitrogen and oxygen atoms in total. The Morgan fingerprint density at radius 3 is 2.67 bits per heavy atom. The molecule has 1 aromatic rings. The molecule has 1 heterocycles. The highest BCUT2D eigenvalue weighted by Gasteiger charge is 2.04. The number of methoxy groups -OCH3 is 1. The van der Waals surface area contributed by atoms with Gasteiger partial charge in [0, 0.05) is 32.0 Å². The SMILES string of the molecule is COCCOCCCCNc1nc(C)cc(OC(C)C)n1. The Morgan fingerprint density at radius 1 is 1.14 bits per heavy atom. The van der Waals surface area contributed by atoms with E-state index < -0.39 is 0 Å². The molecule has 0 aliphatic heterocycles. The fourth-order valence-electron chi connectivity index (χ4n) is 1.69. The Balaban J connectivity index is 2.24. The van der Waals surface area contributed by atoms with Crippen LogP contribution in [0.15, 0.2) is 6.07 Å². The molecule has 0 aliphatic rings. The fraction of sp³-hybridized carbons (Fsp3) is 0.733. The van der Waals surface area contributed by atoms with Gasteiger partial charge >= 0.3 is 0 Å². The molecule has 0 amide bonds. The average molecular weight is 297 g/mol. The number of ether oxygens (including phenoxy) is 3. The lowest BCUT2D eigenvalue weighted by Gasteiger charge is -2.11. The molecule has 0 aromatic carbocycles. The highest BCUT2D eigenvalue weighted by atomic mass is 16.5. The third-order valence-electron chi connectivity index (χ3n) is 2.62. The molecule has 0 aliphatic carbocycles. The van der Waals surface area contributed by atoms with Crippen LogP contribution < -0.4 is 10.1 Å². The van der Waals surface area contributed by atoms with Crippen LogP contribution in [0.25, 0.3) is 0 Å². The lowest BCUT2D eigenvalue weighted by atomic mass is 10.3. The molecule has 21 heavy (non-hydrogen) atoms. The molecule has 0 saturated heterocycles. The van der Waals surface area contributed by atoms with Crippen LogP contribution in [0.1, 0.15) is 32.4 Å². The molecule has 0 fully saturated rings. The van der Waals surface area contributed by atoms with Gasteiger partial charge in [-0.3, -0.25) is 0 Å². The summed E-state index contributed by atoms with van der Waals surface area (Å²) in [5, 5.41) is 3.22. The fourth-order valence-corrected chi connectivity index (χ4v) is 1.69. The van der Waals surface area contributed by atoms with Gasteiger partial charge in [-0.25, -0.2) is 4.98 Å². The molecule has 0 unspecified atom stereocenters. The van der Waals surface area contributed by atoms with Crippen molar-refractivity contribution >= 4 is 5.95 Å². The Kier molecular flexibility index (Phi) is 8.69. The summed E-state index contributed by atoms with van der Waals surface area (Å²) in [5.41, 5.74) is 0.894. The van der Waals surface area contributed by atoms with Crippen molar-refractivity contribution in [2.24, 2.45) is 0 Å². The Morgan fingerprint density at radius 2 is 1.95 bits per heavy atom. The predicted molar refractivity (Wildman–Crippen MR) is 83.0 cm³/mol. The second-order valence-corrected chi connectivity index (χ2v) is 5.08. The van der Waals surface area contributed by atoms with Gasteiger partial charge < -0.3 is 19.5 Å². The van der Waals surface area contributed by atoms with Crippen LogP contribution >= 0.6 is 0 Å². The summed E-state index contributed by atoms with van der Waals surface area (Å²) in [6, 6.07) is 1.84. The van der Waals surface area contributed by atoms with Gasteiger partial charge in [0.1, 0.15) is 0 Å². The van der Waals surface area contributed by atoms with Crippen LogP contribution in [0.5, 0.6) is 5.88 Å². The van der Waals surface area contributed by atoms with Crippen molar-refractivity contribution in [1.29, 1.82) is 0 Å². The van der Waals surface area contributed by atoms with Gasteiger partial charge in [0.05, 0.1) is 19.3 Å². The van der Waals surface area contributed by atoms with Gasteiger partial charge in [0.2, 0.25) is 11.8 Å². The van der Waals surface area contributed by atoms with E-state index in [9.17, 15) is 0 Å². The van der Waals surface area contributed by atoms with Gasteiger partial charge in [-0.2, -0.15) is 4.98 Å². The molecule has 0 bridgehead atoms. The van der Waals surface area contributed by atoms with E-state index in [0.29, 0.717) is 25.0 Å². The second-order valence-electron chi connectivity index (χ2n) is 5.08. The van der Waals surface area contributed by atoms with Crippen molar-refractivity contribution in [3.8, 4) is 5.88 Å². The Labute approximate surface area is 127 Å². The minimum atomic E-state index is 0.108. The molecule has 1 rings (SSSR count). The standard InChI is InChI=1S/C15H27N3O3/c1-12(2)21-14-11-13(3)17-15(18-14)16-7-5-6-8-20-10-9-19-4/h11-12H,5-10H2,1-4H3,(H,16,17,18). The topological polar surface area (TPSA) is 65.5 Å². The van der Waals surface area contributed by atoms with Crippen molar-refractivity contribution in [3.05, 3.63) is 11.8 Å². The van der Waals surface area contributed by atoms with Crippen molar-refractivity contribution in [3.63, 3.8) is 0 Å². The quantitative estimate of drug-likeness (QED) is 0.633. The number of hydrogen-bond acceptors (Lipinski definition) is 6.